The zero-order valence-electron chi connectivity index (χ0n) is 22.1. The van der Waals surface area contributed by atoms with E-state index in [1.54, 1.807) is 36.4 Å². The van der Waals surface area contributed by atoms with Gasteiger partial charge in [-0.25, -0.2) is 0 Å². The molecule has 0 bridgehead atoms. The van der Waals surface area contributed by atoms with Gasteiger partial charge < -0.3 is 18.9 Å². The Bertz CT molecular complexity index is 1510. The number of aryl methyl sites for hydroxylation is 2. The molecule has 0 spiro atoms. The van der Waals surface area contributed by atoms with Gasteiger partial charge in [0.2, 0.25) is 0 Å². The molecule has 0 aromatic heterocycles. The Labute approximate surface area is 234 Å². The summed E-state index contributed by atoms with van der Waals surface area (Å²) in [4.78, 5) is -0.229. The summed E-state index contributed by atoms with van der Waals surface area (Å²) >= 11 is 0. The highest BCUT2D eigenvalue weighted by Crippen LogP contribution is 2.38. The predicted octanol–water partition coefficient (Wildman–Crippen LogP) is 3.64. The molecule has 2 saturated heterocycles. The van der Waals surface area contributed by atoms with Gasteiger partial charge in [0, 0.05) is 12.7 Å². The molecule has 2 aliphatic rings. The minimum Gasteiger partial charge on any atom is -0.353 e. The smallest absolute Gasteiger partial charge is 0.297 e. The van der Waals surface area contributed by atoms with E-state index in [4.69, 9.17) is 27.3 Å². The van der Waals surface area contributed by atoms with Crippen molar-refractivity contribution in [3.05, 3.63) is 95.6 Å². The van der Waals surface area contributed by atoms with Crippen molar-refractivity contribution in [2.45, 2.75) is 60.6 Å². The molecule has 40 heavy (non-hydrogen) atoms. The monoisotopic (exact) mass is 590 g/mol. The van der Waals surface area contributed by atoms with Crippen molar-refractivity contribution >= 4 is 20.2 Å². The van der Waals surface area contributed by atoms with E-state index in [0.29, 0.717) is 5.56 Å². The first-order valence-corrected chi connectivity index (χ1v) is 15.4. The van der Waals surface area contributed by atoms with E-state index < -0.39 is 57.2 Å². The Kier molecular flexibility index (Phi) is 8.41. The lowest BCUT2D eigenvalue weighted by atomic mass is 9.98. The van der Waals surface area contributed by atoms with Crippen LogP contribution < -0.4 is 0 Å². The van der Waals surface area contributed by atoms with Crippen LogP contribution in [0.25, 0.3) is 0 Å². The summed E-state index contributed by atoms with van der Waals surface area (Å²) in [6.07, 6.45) is -7.17. The second-order valence-electron chi connectivity index (χ2n) is 9.61. The lowest BCUT2D eigenvalue weighted by Crippen LogP contribution is -2.64. The molecule has 0 unspecified atom stereocenters. The molecule has 0 N–H and O–H groups in total. The van der Waals surface area contributed by atoms with Crippen LogP contribution in [0.15, 0.2) is 88.7 Å². The Morgan fingerprint density at radius 3 is 1.75 bits per heavy atom. The topological polar surface area (TPSA) is 124 Å². The first-order valence-electron chi connectivity index (χ1n) is 12.6. The zero-order valence-corrected chi connectivity index (χ0v) is 23.7. The normalized spacial score (nSPS) is 27.2. The quantitative estimate of drug-likeness (QED) is 0.359. The van der Waals surface area contributed by atoms with Crippen LogP contribution in [0.5, 0.6) is 0 Å². The fourth-order valence-electron chi connectivity index (χ4n) is 4.54. The van der Waals surface area contributed by atoms with Crippen molar-refractivity contribution in [1.82, 2.24) is 0 Å². The number of hydrogen-bond donors (Lipinski definition) is 0. The first kappa shape index (κ1) is 28.8. The molecule has 0 amide bonds. The Hall–Kier alpha value is -2.68. The van der Waals surface area contributed by atoms with Crippen LogP contribution in [0.1, 0.15) is 23.0 Å². The van der Waals surface area contributed by atoms with Gasteiger partial charge in [0.1, 0.15) is 18.3 Å². The molecule has 3 aromatic rings. The van der Waals surface area contributed by atoms with Crippen LogP contribution in [-0.2, 0) is 47.5 Å². The molecule has 5 rings (SSSR count). The maximum atomic E-state index is 13.5. The maximum Gasteiger partial charge on any atom is 0.297 e. The van der Waals surface area contributed by atoms with Crippen LogP contribution in [-0.4, -0.2) is 61.3 Å². The van der Waals surface area contributed by atoms with Gasteiger partial charge in [-0.05, 0) is 38.1 Å². The molecule has 3 aromatic carbocycles. The van der Waals surface area contributed by atoms with Gasteiger partial charge >= 0.3 is 0 Å². The summed E-state index contributed by atoms with van der Waals surface area (Å²) in [5.41, 5.74) is 2.39. The number of ether oxygens (including phenoxy) is 4. The van der Waals surface area contributed by atoms with Crippen LogP contribution in [0.3, 0.4) is 0 Å². The molecule has 6 atom stereocenters. The van der Waals surface area contributed by atoms with Crippen LogP contribution in [0.4, 0.5) is 0 Å². The molecule has 10 nitrogen and oxygen atoms in total. The highest BCUT2D eigenvalue weighted by atomic mass is 32.2. The third kappa shape index (κ3) is 6.14. The van der Waals surface area contributed by atoms with Crippen molar-refractivity contribution in [1.29, 1.82) is 0 Å². The zero-order chi connectivity index (χ0) is 28.5. The van der Waals surface area contributed by atoms with E-state index in [9.17, 15) is 16.8 Å². The summed E-state index contributed by atoms with van der Waals surface area (Å²) < 4.78 is 88.4. The number of methoxy groups -OCH3 is 1. The Morgan fingerprint density at radius 2 is 1.23 bits per heavy atom. The molecule has 2 fully saturated rings. The average Bonchev–Trinajstić information content (AvgIpc) is 2.94. The largest absolute Gasteiger partial charge is 0.353 e. The summed E-state index contributed by atoms with van der Waals surface area (Å²) in [5, 5.41) is 0. The van der Waals surface area contributed by atoms with Crippen LogP contribution in [0, 0.1) is 13.8 Å². The average molecular weight is 591 g/mol. The minimum absolute atomic E-state index is 0.00591. The lowest BCUT2D eigenvalue weighted by Gasteiger charge is -2.47. The highest BCUT2D eigenvalue weighted by Gasteiger charge is 2.54. The highest BCUT2D eigenvalue weighted by molar-refractivity contribution is 7.87. The number of hydrogen-bond acceptors (Lipinski definition) is 10. The van der Waals surface area contributed by atoms with E-state index in [1.807, 2.05) is 32.0 Å². The van der Waals surface area contributed by atoms with E-state index >= 15 is 0 Å². The van der Waals surface area contributed by atoms with Crippen molar-refractivity contribution in [3.63, 3.8) is 0 Å². The predicted molar refractivity (Wildman–Crippen MR) is 142 cm³/mol. The molecule has 2 aliphatic heterocycles. The number of benzene rings is 3. The van der Waals surface area contributed by atoms with Gasteiger partial charge in [-0.3, -0.25) is 8.37 Å². The van der Waals surface area contributed by atoms with Crippen molar-refractivity contribution < 1.29 is 44.1 Å². The van der Waals surface area contributed by atoms with Crippen LogP contribution >= 0.6 is 0 Å². The minimum atomic E-state index is -4.41. The summed E-state index contributed by atoms with van der Waals surface area (Å²) in [6, 6.07) is 21.2. The van der Waals surface area contributed by atoms with Crippen molar-refractivity contribution in [3.8, 4) is 0 Å². The Balaban J connectivity index is 1.53. The summed E-state index contributed by atoms with van der Waals surface area (Å²) in [7, 11) is -7.52. The van der Waals surface area contributed by atoms with Crippen molar-refractivity contribution in [2.75, 3.05) is 13.7 Å². The van der Waals surface area contributed by atoms with E-state index in [2.05, 4.69) is 0 Å². The van der Waals surface area contributed by atoms with Gasteiger partial charge in [0.15, 0.2) is 18.7 Å². The molecule has 12 heteroatoms. The third-order valence-corrected chi connectivity index (χ3v) is 9.33. The van der Waals surface area contributed by atoms with Gasteiger partial charge in [-0.2, -0.15) is 16.8 Å². The maximum absolute atomic E-state index is 13.5. The van der Waals surface area contributed by atoms with E-state index in [0.717, 1.165) is 11.1 Å². The first-order chi connectivity index (χ1) is 19.1. The lowest BCUT2D eigenvalue weighted by molar-refractivity contribution is -0.351. The standard InChI is InChI=1S/C28H30O10S2/c1-18-9-13-21(14-10-18)39(29,30)37-25-24-23(17-34-27(36-24)20-7-5-4-6-8-20)35-28(33-3)26(25)38-40(31,32)22-15-11-19(2)12-16-22/h4-16,23-28H,17H2,1-3H3/t23-,24+,25+,26-,27+,28-/m1/s1. The fraction of sp³-hybridized carbons (Fsp3) is 0.357. The van der Waals surface area contributed by atoms with Gasteiger partial charge in [0.05, 0.1) is 16.4 Å². The Morgan fingerprint density at radius 1 is 0.700 bits per heavy atom. The third-order valence-electron chi connectivity index (χ3n) is 6.68. The second kappa shape index (κ2) is 11.7. The van der Waals surface area contributed by atoms with E-state index in [1.165, 1.54) is 31.4 Å². The number of rotatable bonds is 8. The molecular formula is C28H30O10S2. The number of fused-ring (bicyclic) bond motifs is 1. The molecule has 2 heterocycles. The van der Waals surface area contributed by atoms with Gasteiger partial charge in [-0.1, -0.05) is 65.7 Å². The van der Waals surface area contributed by atoms with Crippen molar-refractivity contribution in [2.24, 2.45) is 0 Å². The second-order valence-corrected chi connectivity index (χ2v) is 12.8. The summed E-state index contributed by atoms with van der Waals surface area (Å²) in [5.74, 6) is 0. The SMILES string of the molecule is CO[C@@H]1O[C@@H]2CO[C@H](c3ccccc3)O[C@@H]2[C@H](OS(=O)(=O)c2ccc(C)cc2)[C@H]1OS(=O)(=O)c1ccc(C)cc1. The summed E-state index contributed by atoms with van der Waals surface area (Å²) in [6.45, 7) is 3.65. The molecular weight excluding hydrogens is 560 g/mol. The molecule has 0 saturated carbocycles. The molecule has 0 aliphatic carbocycles. The molecule has 214 valence electrons. The van der Waals surface area contributed by atoms with Gasteiger partial charge in [0.25, 0.3) is 20.2 Å². The van der Waals surface area contributed by atoms with Gasteiger partial charge in [-0.15, -0.1) is 0 Å². The fourth-order valence-corrected chi connectivity index (χ4v) is 6.71. The van der Waals surface area contributed by atoms with E-state index in [-0.39, 0.29) is 16.4 Å². The molecule has 0 radical (unpaired) electrons. The van der Waals surface area contributed by atoms with Crippen LogP contribution in [0.2, 0.25) is 0 Å².